The molecule has 16 heavy (non-hydrogen) atoms. The molecule has 2 aromatic rings. The molecule has 0 radical (unpaired) electrons. The van der Waals surface area contributed by atoms with Gasteiger partial charge in [-0.3, -0.25) is 4.79 Å². The molecule has 1 heterocycles. The van der Waals surface area contributed by atoms with Gasteiger partial charge in [0, 0.05) is 38.3 Å². The number of pyridine rings is 1. The Kier molecular flexibility index (Phi) is 2.34. The standard InChI is InChI=1S/C12H14N2O2/c1-13(2)8-4-5-10-9(6-8)11(15)7-12(16)14(10)3/h4-7,15H,1-3H3. The molecule has 0 aliphatic carbocycles. The molecule has 2 rings (SSSR count). The molecule has 0 saturated carbocycles. The first kappa shape index (κ1) is 10.5. The first-order valence-corrected chi connectivity index (χ1v) is 5.01. The smallest absolute Gasteiger partial charge is 0.254 e. The van der Waals surface area contributed by atoms with Gasteiger partial charge in [-0.25, -0.2) is 0 Å². The van der Waals surface area contributed by atoms with Gasteiger partial charge in [-0.1, -0.05) is 0 Å². The zero-order valence-electron chi connectivity index (χ0n) is 9.56. The van der Waals surface area contributed by atoms with E-state index in [1.807, 2.05) is 37.2 Å². The van der Waals surface area contributed by atoms with Crippen LogP contribution in [0, 0.1) is 0 Å². The lowest BCUT2D eigenvalue weighted by Crippen LogP contribution is -2.16. The van der Waals surface area contributed by atoms with Crippen molar-refractivity contribution in [2.75, 3.05) is 19.0 Å². The molecule has 1 N–H and O–H groups in total. The molecule has 4 nitrogen and oxygen atoms in total. The summed E-state index contributed by atoms with van der Waals surface area (Å²) in [6.45, 7) is 0. The van der Waals surface area contributed by atoms with E-state index in [9.17, 15) is 9.90 Å². The summed E-state index contributed by atoms with van der Waals surface area (Å²) in [6, 6.07) is 6.86. The monoisotopic (exact) mass is 218 g/mol. The Morgan fingerprint density at radius 3 is 2.56 bits per heavy atom. The van der Waals surface area contributed by atoms with Crippen LogP contribution in [0.15, 0.2) is 29.1 Å². The van der Waals surface area contributed by atoms with Gasteiger partial charge >= 0.3 is 0 Å². The van der Waals surface area contributed by atoms with Crippen molar-refractivity contribution < 1.29 is 5.11 Å². The van der Waals surface area contributed by atoms with Crippen LogP contribution in [0.5, 0.6) is 5.75 Å². The van der Waals surface area contributed by atoms with Gasteiger partial charge in [-0.2, -0.15) is 0 Å². The molecule has 0 unspecified atom stereocenters. The van der Waals surface area contributed by atoms with Crippen LogP contribution in [0.3, 0.4) is 0 Å². The topological polar surface area (TPSA) is 45.5 Å². The lowest BCUT2D eigenvalue weighted by molar-refractivity contribution is 0.479. The lowest BCUT2D eigenvalue weighted by atomic mass is 10.1. The van der Waals surface area contributed by atoms with E-state index < -0.39 is 0 Å². The van der Waals surface area contributed by atoms with Gasteiger partial charge < -0.3 is 14.6 Å². The fourth-order valence-electron chi connectivity index (χ4n) is 1.71. The molecule has 0 fully saturated rings. The highest BCUT2D eigenvalue weighted by molar-refractivity contribution is 5.88. The molecule has 0 aliphatic heterocycles. The number of aromatic nitrogens is 1. The van der Waals surface area contributed by atoms with Gasteiger partial charge in [-0.15, -0.1) is 0 Å². The van der Waals surface area contributed by atoms with Crippen molar-refractivity contribution in [3.05, 3.63) is 34.6 Å². The lowest BCUT2D eigenvalue weighted by Gasteiger charge is -2.14. The predicted octanol–water partition coefficient (Wildman–Crippen LogP) is 1.31. The summed E-state index contributed by atoms with van der Waals surface area (Å²) in [5, 5.41) is 10.4. The van der Waals surface area contributed by atoms with Crippen molar-refractivity contribution in [3.8, 4) is 5.75 Å². The first-order chi connectivity index (χ1) is 7.50. The van der Waals surface area contributed by atoms with Gasteiger partial charge in [0.25, 0.3) is 5.56 Å². The first-order valence-electron chi connectivity index (χ1n) is 5.01. The minimum absolute atomic E-state index is 0.0294. The molecule has 0 atom stereocenters. The minimum Gasteiger partial charge on any atom is -0.507 e. The maximum Gasteiger partial charge on any atom is 0.254 e. The minimum atomic E-state index is -0.206. The Morgan fingerprint density at radius 2 is 1.94 bits per heavy atom. The Hall–Kier alpha value is -1.97. The normalized spacial score (nSPS) is 10.7. The predicted molar refractivity (Wildman–Crippen MR) is 65.2 cm³/mol. The van der Waals surface area contributed by atoms with Crippen LogP contribution in [-0.2, 0) is 7.05 Å². The SMILES string of the molecule is CN(C)c1ccc2c(c1)c(O)cc(=O)n2C. The van der Waals surface area contributed by atoms with Crippen molar-refractivity contribution in [2.24, 2.45) is 7.05 Å². The zero-order valence-corrected chi connectivity index (χ0v) is 9.56. The number of rotatable bonds is 1. The maximum absolute atomic E-state index is 11.5. The summed E-state index contributed by atoms with van der Waals surface area (Å²) in [6.07, 6.45) is 0. The van der Waals surface area contributed by atoms with E-state index in [-0.39, 0.29) is 11.3 Å². The summed E-state index contributed by atoms with van der Waals surface area (Å²) in [7, 11) is 5.56. The van der Waals surface area contributed by atoms with E-state index in [2.05, 4.69) is 0 Å². The second-order valence-electron chi connectivity index (χ2n) is 4.02. The number of hydrogen-bond donors (Lipinski definition) is 1. The van der Waals surface area contributed by atoms with Crippen LogP contribution in [-0.4, -0.2) is 23.8 Å². The molecular formula is C12H14N2O2. The molecule has 0 aliphatic rings. The molecule has 4 heteroatoms. The van der Waals surface area contributed by atoms with Crippen molar-refractivity contribution in [3.63, 3.8) is 0 Å². The summed E-state index contributed by atoms with van der Waals surface area (Å²) < 4.78 is 1.52. The summed E-state index contributed by atoms with van der Waals surface area (Å²) >= 11 is 0. The van der Waals surface area contributed by atoms with Gasteiger partial charge in [0.15, 0.2) is 0 Å². The average Bonchev–Trinajstić information content (AvgIpc) is 2.25. The molecule has 1 aromatic carbocycles. The van der Waals surface area contributed by atoms with Crippen LogP contribution in [0.1, 0.15) is 0 Å². The second-order valence-corrected chi connectivity index (χ2v) is 4.02. The zero-order chi connectivity index (χ0) is 11.9. The van der Waals surface area contributed by atoms with Crippen molar-refractivity contribution in [2.45, 2.75) is 0 Å². The molecule has 0 amide bonds. The van der Waals surface area contributed by atoms with E-state index in [1.54, 1.807) is 7.05 Å². The number of hydrogen-bond acceptors (Lipinski definition) is 3. The third-order valence-electron chi connectivity index (χ3n) is 2.72. The number of anilines is 1. The van der Waals surface area contributed by atoms with Crippen LogP contribution in [0.4, 0.5) is 5.69 Å². The molecule has 0 spiro atoms. The van der Waals surface area contributed by atoms with Gasteiger partial charge in [0.1, 0.15) is 5.75 Å². The average molecular weight is 218 g/mol. The molecule has 84 valence electrons. The van der Waals surface area contributed by atoms with E-state index in [0.29, 0.717) is 5.39 Å². The fraction of sp³-hybridized carbons (Fsp3) is 0.250. The van der Waals surface area contributed by atoms with Gasteiger partial charge in [0.2, 0.25) is 0 Å². The van der Waals surface area contributed by atoms with E-state index >= 15 is 0 Å². The third kappa shape index (κ3) is 1.52. The molecular weight excluding hydrogens is 204 g/mol. The van der Waals surface area contributed by atoms with E-state index in [1.165, 1.54) is 10.6 Å². The second kappa shape index (κ2) is 3.56. The Bertz CT molecular complexity index is 600. The largest absolute Gasteiger partial charge is 0.507 e. The Morgan fingerprint density at radius 1 is 1.25 bits per heavy atom. The summed E-state index contributed by atoms with van der Waals surface area (Å²) in [4.78, 5) is 13.4. The Balaban J connectivity index is 2.85. The molecule has 0 bridgehead atoms. The highest BCUT2D eigenvalue weighted by Crippen LogP contribution is 2.26. The maximum atomic E-state index is 11.5. The number of aryl methyl sites for hydroxylation is 1. The summed E-state index contributed by atoms with van der Waals surface area (Å²) in [5.74, 6) is 0.0294. The van der Waals surface area contributed by atoms with Crippen molar-refractivity contribution >= 4 is 16.6 Å². The van der Waals surface area contributed by atoms with Gasteiger partial charge in [0.05, 0.1) is 5.52 Å². The third-order valence-corrected chi connectivity index (χ3v) is 2.72. The number of nitrogens with zero attached hydrogens (tertiary/aromatic N) is 2. The quantitative estimate of drug-likeness (QED) is 0.785. The highest BCUT2D eigenvalue weighted by atomic mass is 16.3. The Labute approximate surface area is 93.4 Å². The van der Waals surface area contributed by atoms with Crippen molar-refractivity contribution in [1.29, 1.82) is 0 Å². The number of aromatic hydroxyl groups is 1. The summed E-state index contributed by atoms with van der Waals surface area (Å²) in [5.41, 5.74) is 1.51. The number of benzene rings is 1. The van der Waals surface area contributed by atoms with Crippen LogP contribution >= 0.6 is 0 Å². The van der Waals surface area contributed by atoms with Crippen molar-refractivity contribution in [1.82, 2.24) is 4.57 Å². The fourth-order valence-corrected chi connectivity index (χ4v) is 1.71. The molecule has 1 aromatic heterocycles. The number of fused-ring (bicyclic) bond motifs is 1. The van der Waals surface area contributed by atoms with Crippen LogP contribution in [0.2, 0.25) is 0 Å². The molecule has 0 saturated heterocycles. The van der Waals surface area contributed by atoms with E-state index in [4.69, 9.17) is 0 Å². The highest BCUT2D eigenvalue weighted by Gasteiger charge is 2.06. The van der Waals surface area contributed by atoms with Crippen LogP contribution < -0.4 is 10.5 Å². The van der Waals surface area contributed by atoms with Crippen LogP contribution in [0.25, 0.3) is 10.9 Å². The van der Waals surface area contributed by atoms with E-state index in [0.717, 1.165) is 11.2 Å². The van der Waals surface area contributed by atoms with Gasteiger partial charge in [-0.05, 0) is 18.2 Å².